The van der Waals surface area contributed by atoms with E-state index in [-0.39, 0.29) is 28.8 Å². The molecule has 0 unspecified atom stereocenters. The minimum absolute atomic E-state index is 0.00761. The van der Waals surface area contributed by atoms with Crippen molar-refractivity contribution in [2.45, 2.75) is 37.1 Å². The molecule has 0 aliphatic heterocycles. The molecule has 0 heterocycles. The number of hydrogen-bond acceptors (Lipinski definition) is 5. The predicted octanol–water partition coefficient (Wildman–Crippen LogP) is 1.35. The first-order valence-electron chi connectivity index (χ1n) is 8.92. The van der Waals surface area contributed by atoms with Gasteiger partial charge in [0.2, 0.25) is 20.0 Å². The van der Waals surface area contributed by atoms with E-state index in [0.29, 0.717) is 5.56 Å². The highest BCUT2D eigenvalue weighted by Crippen LogP contribution is 2.12. The standard InChI is InChI=1S/C19H25N3O5S2/c1-14(2)22-28(24,25)13-16-9-7-15(8-10-16)12-21-19(23)17-5-4-6-18(11-17)29(26,27)20-3/h4-11,14,20,22H,12-13H2,1-3H3,(H,21,23). The van der Waals surface area contributed by atoms with Gasteiger partial charge in [-0.15, -0.1) is 0 Å². The molecular formula is C19H25N3O5S2. The highest BCUT2D eigenvalue weighted by Gasteiger charge is 2.15. The third kappa shape index (κ3) is 6.93. The molecule has 3 N–H and O–H groups in total. The second-order valence-corrected chi connectivity index (χ2v) is 10.4. The van der Waals surface area contributed by atoms with Crippen molar-refractivity contribution in [2.75, 3.05) is 7.05 Å². The third-order valence-corrected chi connectivity index (χ3v) is 6.88. The number of hydrogen-bond donors (Lipinski definition) is 3. The van der Waals surface area contributed by atoms with Crippen LogP contribution in [0.4, 0.5) is 0 Å². The maximum Gasteiger partial charge on any atom is 0.251 e. The molecule has 29 heavy (non-hydrogen) atoms. The molecule has 0 fully saturated rings. The summed E-state index contributed by atoms with van der Waals surface area (Å²) in [7, 11) is -5.73. The zero-order valence-electron chi connectivity index (χ0n) is 16.5. The van der Waals surface area contributed by atoms with E-state index >= 15 is 0 Å². The number of nitrogens with one attached hydrogen (secondary N) is 3. The molecule has 2 aromatic rings. The Kier molecular flexibility index (Phi) is 7.53. The van der Waals surface area contributed by atoms with Crippen molar-refractivity contribution in [3.05, 3.63) is 65.2 Å². The molecule has 0 spiro atoms. The topological polar surface area (TPSA) is 121 Å². The average molecular weight is 440 g/mol. The molecule has 0 aliphatic carbocycles. The van der Waals surface area contributed by atoms with Crippen molar-refractivity contribution >= 4 is 26.0 Å². The van der Waals surface area contributed by atoms with Gasteiger partial charge < -0.3 is 5.32 Å². The van der Waals surface area contributed by atoms with Crippen LogP contribution in [0.5, 0.6) is 0 Å². The van der Waals surface area contributed by atoms with Gasteiger partial charge >= 0.3 is 0 Å². The summed E-state index contributed by atoms with van der Waals surface area (Å²) < 4.78 is 52.4. The Labute approximate surface area is 171 Å². The lowest BCUT2D eigenvalue weighted by atomic mass is 10.1. The van der Waals surface area contributed by atoms with E-state index in [2.05, 4.69) is 14.8 Å². The first-order valence-corrected chi connectivity index (χ1v) is 12.1. The first kappa shape index (κ1) is 23.0. The van der Waals surface area contributed by atoms with E-state index in [0.717, 1.165) is 5.56 Å². The van der Waals surface area contributed by atoms with Crippen LogP contribution in [-0.2, 0) is 32.3 Å². The molecule has 158 valence electrons. The SMILES string of the molecule is CNS(=O)(=O)c1cccc(C(=O)NCc2ccc(CS(=O)(=O)NC(C)C)cc2)c1. The van der Waals surface area contributed by atoms with Crippen LogP contribution in [-0.4, -0.2) is 35.8 Å². The number of sulfonamides is 2. The monoisotopic (exact) mass is 439 g/mol. The average Bonchev–Trinajstić information content (AvgIpc) is 2.66. The van der Waals surface area contributed by atoms with E-state index in [1.54, 1.807) is 38.1 Å². The Hall–Kier alpha value is -2.27. The highest BCUT2D eigenvalue weighted by atomic mass is 32.2. The van der Waals surface area contributed by atoms with Gasteiger partial charge in [0.15, 0.2) is 0 Å². The van der Waals surface area contributed by atoms with Crippen molar-refractivity contribution < 1.29 is 21.6 Å². The molecule has 2 rings (SSSR count). The Morgan fingerprint density at radius 3 is 2.17 bits per heavy atom. The molecule has 10 heteroatoms. The van der Waals surface area contributed by atoms with E-state index < -0.39 is 26.0 Å². The van der Waals surface area contributed by atoms with Gasteiger partial charge in [-0.1, -0.05) is 30.3 Å². The summed E-state index contributed by atoms with van der Waals surface area (Å²) in [5.41, 5.74) is 1.65. The van der Waals surface area contributed by atoms with Gasteiger partial charge in [-0.2, -0.15) is 0 Å². The minimum Gasteiger partial charge on any atom is -0.348 e. The van der Waals surface area contributed by atoms with Crippen LogP contribution < -0.4 is 14.8 Å². The van der Waals surface area contributed by atoms with Crippen LogP contribution in [0.15, 0.2) is 53.4 Å². The van der Waals surface area contributed by atoms with Crippen LogP contribution in [0.25, 0.3) is 0 Å². The number of amides is 1. The van der Waals surface area contributed by atoms with Gasteiger partial charge in [0.05, 0.1) is 10.6 Å². The maximum atomic E-state index is 12.3. The van der Waals surface area contributed by atoms with E-state index in [1.165, 1.54) is 31.3 Å². The normalized spacial score (nSPS) is 12.1. The third-order valence-electron chi connectivity index (χ3n) is 3.92. The fourth-order valence-corrected chi connectivity index (χ4v) is 4.79. The molecule has 0 bridgehead atoms. The molecule has 0 saturated carbocycles. The minimum atomic E-state index is -3.63. The van der Waals surface area contributed by atoms with Crippen molar-refractivity contribution in [1.29, 1.82) is 0 Å². The summed E-state index contributed by atoms with van der Waals surface area (Å²) in [4.78, 5) is 12.3. The van der Waals surface area contributed by atoms with Crippen LogP contribution in [0.2, 0.25) is 0 Å². The van der Waals surface area contributed by atoms with Crippen LogP contribution in [0.3, 0.4) is 0 Å². The fraction of sp³-hybridized carbons (Fsp3) is 0.316. The van der Waals surface area contributed by atoms with Gasteiger partial charge in [-0.05, 0) is 50.2 Å². The summed E-state index contributed by atoms with van der Waals surface area (Å²) in [6.45, 7) is 3.74. The van der Waals surface area contributed by atoms with Crippen LogP contribution >= 0.6 is 0 Å². The van der Waals surface area contributed by atoms with Crippen molar-refractivity contribution in [3.63, 3.8) is 0 Å². The van der Waals surface area contributed by atoms with Gasteiger partial charge in [-0.3, -0.25) is 4.79 Å². The van der Waals surface area contributed by atoms with Crippen molar-refractivity contribution in [3.8, 4) is 0 Å². The first-order chi connectivity index (χ1) is 13.5. The molecule has 0 saturated heterocycles. The highest BCUT2D eigenvalue weighted by molar-refractivity contribution is 7.89. The summed E-state index contributed by atoms with van der Waals surface area (Å²) >= 11 is 0. The largest absolute Gasteiger partial charge is 0.348 e. The maximum absolute atomic E-state index is 12.3. The predicted molar refractivity (Wildman–Crippen MR) is 111 cm³/mol. The second kappa shape index (κ2) is 9.49. The summed E-state index contributed by atoms with van der Waals surface area (Å²) in [6, 6.07) is 12.4. The molecule has 0 atom stereocenters. The Balaban J connectivity index is 2.00. The lowest BCUT2D eigenvalue weighted by Crippen LogP contribution is -2.31. The molecule has 0 aromatic heterocycles. The Bertz CT molecular complexity index is 1060. The zero-order chi connectivity index (χ0) is 21.7. The molecule has 0 radical (unpaired) electrons. The Morgan fingerprint density at radius 2 is 1.59 bits per heavy atom. The van der Waals surface area contributed by atoms with E-state index in [1.807, 2.05) is 0 Å². The van der Waals surface area contributed by atoms with Gasteiger partial charge in [0.25, 0.3) is 5.91 Å². The lowest BCUT2D eigenvalue weighted by molar-refractivity contribution is 0.0950. The molecule has 0 aliphatic rings. The smallest absolute Gasteiger partial charge is 0.251 e. The quantitative estimate of drug-likeness (QED) is 0.545. The summed E-state index contributed by atoms with van der Waals surface area (Å²) in [5, 5.41) is 2.72. The zero-order valence-corrected chi connectivity index (χ0v) is 18.1. The van der Waals surface area contributed by atoms with Crippen molar-refractivity contribution in [2.24, 2.45) is 0 Å². The van der Waals surface area contributed by atoms with Crippen LogP contribution in [0, 0.1) is 0 Å². The van der Waals surface area contributed by atoms with Crippen LogP contribution in [0.1, 0.15) is 35.3 Å². The molecule has 1 amide bonds. The number of carbonyl (C=O) groups excluding carboxylic acids is 1. The van der Waals surface area contributed by atoms with E-state index in [4.69, 9.17) is 0 Å². The molecular weight excluding hydrogens is 414 g/mol. The van der Waals surface area contributed by atoms with E-state index in [9.17, 15) is 21.6 Å². The van der Waals surface area contributed by atoms with Gasteiger partial charge in [0.1, 0.15) is 0 Å². The fourth-order valence-electron chi connectivity index (χ4n) is 2.58. The summed E-state index contributed by atoms with van der Waals surface area (Å²) in [6.07, 6.45) is 0. The van der Waals surface area contributed by atoms with Gasteiger partial charge in [0, 0.05) is 18.2 Å². The summed E-state index contributed by atoms with van der Waals surface area (Å²) in [5.74, 6) is -0.532. The Morgan fingerprint density at radius 1 is 0.966 bits per heavy atom. The number of rotatable bonds is 9. The van der Waals surface area contributed by atoms with Gasteiger partial charge in [-0.25, -0.2) is 26.3 Å². The number of benzene rings is 2. The van der Waals surface area contributed by atoms with Crippen molar-refractivity contribution in [1.82, 2.24) is 14.8 Å². The number of carbonyl (C=O) groups is 1. The second-order valence-electron chi connectivity index (χ2n) is 6.77. The lowest BCUT2D eigenvalue weighted by Gasteiger charge is -2.10. The molecule has 8 nitrogen and oxygen atoms in total. The molecule has 2 aromatic carbocycles.